The maximum atomic E-state index is 12.6. The lowest BCUT2D eigenvalue weighted by molar-refractivity contribution is -0.269. The molecule has 3 nitrogen and oxygen atoms in total. The molecule has 0 spiro atoms. The molecule has 8 heteroatoms. The SMILES string of the molecule is O=C(NCC1CCCC(O)C1)C(F)(F)C(F)(F)F. The van der Waals surface area contributed by atoms with E-state index in [1.807, 2.05) is 0 Å². The summed E-state index contributed by atoms with van der Waals surface area (Å²) in [4.78, 5) is 10.8. The van der Waals surface area contributed by atoms with Gasteiger partial charge in [0.05, 0.1) is 6.10 Å². The molecule has 0 aromatic carbocycles. The van der Waals surface area contributed by atoms with Crippen LogP contribution in [0.2, 0.25) is 0 Å². The van der Waals surface area contributed by atoms with E-state index in [1.54, 1.807) is 5.32 Å². The van der Waals surface area contributed by atoms with E-state index in [2.05, 4.69) is 0 Å². The monoisotopic (exact) mass is 275 g/mol. The molecule has 18 heavy (non-hydrogen) atoms. The third kappa shape index (κ3) is 3.54. The van der Waals surface area contributed by atoms with Crippen molar-refractivity contribution in [2.24, 2.45) is 5.92 Å². The summed E-state index contributed by atoms with van der Waals surface area (Å²) >= 11 is 0. The molecule has 1 amide bonds. The van der Waals surface area contributed by atoms with Crippen molar-refractivity contribution in [3.63, 3.8) is 0 Å². The minimum Gasteiger partial charge on any atom is -0.393 e. The Bertz CT molecular complexity index is 305. The molecule has 0 heterocycles. The highest BCUT2D eigenvalue weighted by Crippen LogP contribution is 2.35. The van der Waals surface area contributed by atoms with Crippen molar-refractivity contribution >= 4 is 5.91 Å². The summed E-state index contributed by atoms with van der Waals surface area (Å²) < 4.78 is 60.7. The number of halogens is 5. The topological polar surface area (TPSA) is 49.3 Å². The van der Waals surface area contributed by atoms with Gasteiger partial charge in [0.2, 0.25) is 0 Å². The standard InChI is InChI=1S/C10H14F5NO2/c11-9(12,10(13,14)15)8(18)16-5-6-2-1-3-7(17)4-6/h6-7,17H,1-5H2,(H,16,18). The van der Waals surface area contributed by atoms with Crippen molar-refractivity contribution in [1.82, 2.24) is 5.32 Å². The second kappa shape index (κ2) is 5.38. The fourth-order valence-electron chi connectivity index (χ4n) is 1.92. The van der Waals surface area contributed by atoms with Gasteiger partial charge in [0.25, 0.3) is 5.91 Å². The van der Waals surface area contributed by atoms with Crippen molar-refractivity contribution in [2.75, 3.05) is 6.54 Å². The predicted molar refractivity (Wildman–Crippen MR) is 52.0 cm³/mol. The van der Waals surface area contributed by atoms with E-state index in [-0.39, 0.29) is 12.5 Å². The van der Waals surface area contributed by atoms with Gasteiger partial charge < -0.3 is 10.4 Å². The first kappa shape index (κ1) is 15.1. The molecule has 1 aliphatic carbocycles. The van der Waals surface area contributed by atoms with Crippen LogP contribution in [0, 0.1) is 5.92 Å². The van der Waals surface area contributed by atoms with Crippen LogP contribution in [0.3, 0.4) is 0 Å². The van der Waals surface area contributed by atoms with Crippen LogP contribution in [0.5, 0.6) is 0 Å². The molecule has 1 aliphatic rings. The van der Waals surface area contributed by atoms with Crippen molar-refractivity contribution in [1.29, 1.82) is 0 Å². The molecule has 2 unspecified atom stereocenters. The van der Waals surface area contributed by atoms with E-state index >= 15 is 0 Å². The molecular weight excluding hydrogens is 261 g/mol. The Kier molecular flexibility index (Phi) is 4.52. The average Bonchev–Trinajstić information content (AvgIpc) is 2.24. The van der Waals surface area contributed by atoms with Crippen molar-refractivity contribution < 1.29 is 31.9 Å². The summed E-state index contributed by atoms with van der Waals surface area (Å²) in [5.74, 6) is -7.97. The molecule has 2 N–H and O–H groups in total. The number of rotatable bonds is 3. The van der Waals surface area contributed by atoms with E-state index in [9.17, 15) is 31.9 Å². The Labute approximate surface area is 100 Å². The number of carbonyl (C=O) groups is 1. The lowest BCUT2D eigenvalue weighted by Crippen LogP contribution is -2.51. The van der Waals surface area contributed by atoms with Gasteiger partial charge in [-0.05, 0) is 25.2 Å². The van der Waals surface area contributed by atoms with Gasteiger partial charge in [-0.3, -0.25) is 4.79 Å². The van der Waals surface area contributed by atoms with Crippen LogP contribution in [0.1, 0.15) is 25.7 Å². The minimum absolute atomic E-state index is 0.262. The van der Waals surface area contributed by atoms with Gasteiger partial charge in [-0.25, -0.2) is 0 Å². The fraction of sp³-hybridized carbons (Fsp3) is 0.900. The number of carbonyl (C=O) groups excluding carboxylic acids is 1. The summed E-state index contributed by atoms with van der Waals surface area (Å²) in [5, 5.41) is 10.9. The van der Waals surface area contributed by atoms with Gasteiger partial charge >= 0.3 is 12.1 Å². The van der Waals surface area contributed by atoms with Crippen molar-refractivity contribution in [3.8, 4) is 0 Å². The van der Waals surface area contributed by atoms with Crippen LogP contribution >= 0.6 is 0 Å². The first-order chi connectivity index (χ1) is 8.14. The van der Waals surface area contributed by atoms with Gasteiger partial charge in [0, 0.05) is 6.54 Å². The van der Waals surface area contributed by atoms with E-state index < -0.39 is 24.1 Å². The fourth-order valence-corrected chi connectivity index (χ4v) is 1.92. The zero-order valence-electron chi connectivity index (χ0n) is 9.44. The molecule has 0 aromatic heterocycles. The second-order valence-corrected chi connectivity index (χ2v) is 4.47. The summed E-state index contributed by atoms with van der Waals surface area (Å²) in [6.07, 6.45) is -4.32. The molecule has 1 rings (SSSR count). The molecule has 106 valence electrons. The van der Waals surface area contributed by atoms with Gasteiger partial charge in [0.15, 0.2) is 0 Å². The van der Waals surface area contributed by atoms with Crippen LogP contribution in [0.4, 0.5) is 22.0 Å². The van der Waals surface area contributed by atoms with Gasteiger partial charge in [-0.1, -0.05) is 6.42 Å². The largest absolute Gasteiger partial charge is 0.463 e. The predicted octanol–water partition coefficient (Wildman–Crippen LogP) is 1.85. The zero-order valence-corrected chi connectivity index (χ0v) is 9.44. The minimum atomic E-state index is -5.89. The highest BCUT2D eigenvalue weighted by Gasteiger charge is 2.63. The molecule has 0 aromatic rings. The Hall–Kier alpha value is -0.920. The maximum Gasteiger partial charge on any atom is 0.463 e. The molecule has 0 bridgehead atoms. The Balaban J connectivity index is 2.46. The van der Waals surface area contributed by atoms with Gasteiger partial charge in [0.1, 0.15) is 0 Å². The third-order valence-electron chi connectivity index (χ3n) is 2.95. The number of hydrogen-bond donors (Lipinski definition) is 2. The van der Waals surface area contributed by atoms with Crippen LogP contribution in [0.15, 0.2) is 0 Å². The summed E-state index contributed by atoms with van der Waals surface area (Å²) in [6.45, 7) is -0.276. The quantitative estimate of drug-likeness (QED) is 0.772. The summed E-state index contributed by atoms with van der Waals surface area (Å²) in [7, 11) is 0. The van der Waals surface area contributed by atoms with E-state index in [1.165, 1.54) is 0 Å². The number of aliphatic hydroxyl groups is 1. The first-order valence-corrected chi connectivity index (χ1v) is 5.55. The first-order valence-electron chi connectivity index (χ1n) is 5.55. The average molecular weight is 275 g/mol. The Morgan fingerprint density at radius 1 is 1.22 bits per heavy atom. The van der Waals surface area contributed by atoms with Gasteiger partial charge in [-0.2, -0.15) is 22.0 Å². The van der Waals surface area contributed by atoms with Crippen LogP contribution in [-0.4, -0.2) is 35.8 Å². The van der Waals surface area contributed by atoms with E-state index in [4.69, 9.17) is 0 Å². The molecular formula is C10H14F5NO2. The third-order valence-corrected chi connectivity index (χ3v) is 2.95. The normalized spacial score (nSPS) is 25.9. The number of aliphatic hydroxyl groups excluding tert-OH is 1. The highest BCUT2D eigenvalue weighted by molar-refractivity contribution is 5.84. The lowest BCUT2D eigenvalue weighted by atomic mass is 9.87. The lowest BCUT2D eigenvalue weighted by Gasteiger charge is -2.27. The zero-order chi connectivity index (χ0) is 14.0. The number of amides is 1. The van der Waals surface area contributed by atoms with Gasteiger partial charge in [-0.15, -0.1) is 0 Å². The van der Waals surface area contributed by atoms with Crippen LogP contribution in [0.25, 0.3) is 0 Å². The number of alkyl halides is 5. The molecule has 2 atom stereocenters. The van der Waals surface area contributed by atoms with E-state index in [0.717, 1.165) is 0 Å². The Morgan fingerprint density at radius 2 is 1.83 bits per heavy atom. The van der Waals surface area contributed by atoms with Crippen LogP contribution < -0.4 is 5.32 Å². The summed E-state index contributed by atoms with van der Waals surface area (Å²) in [5.41, 5.74) is 0. The van der Waals surface area contributed by atoms with Crippen LogP contribution in [-0.2, 0) is 4.79 Å². The molecule has 0 radical (unpaired) electrons. The highest BCUT2D eigenvalue weighted by atomic mass is 19.4. The second-order valence-electron chi connectivity index (χ2n) is 4.47. The number of hydrogen-bond acceptors (Lipinski definition) is 2. The Morgan fingerprint density at radius 3 is 2.33 bits per heavy atom. The van der Waals surface area contributed by atoms with Crippen molar-refractivity contribution in [2.45, 2.75) is 43.9 Å². The molecule has 1 saturated carbocycles. The van der Waals surface area contributed by atoms with Crippen molar-refractivity contribution in [3.05, 3.63) is 0 Å². The maximum absolute atomic E-state index is 12.6. The smallest absolute Gasteiger partial charge is 0.393 e. The number of nitrogens with one attached hydrogen (secondary N) is 1. The molecule has 0 saturated heterocycles. The molecule has 1 fully saturated rings. The summed E-state index contributed by atoms with van der Waals surface area (Å²) in [6, 6.07) is 0. The molecule has 0 aliphatic heterocycles. The van der Waals surface area contributed by atoms with E-state index in [0.29, 0.717) is 25.7 Å².